The van der Waals surface area contributed by atoms with Gasteiger partial charge in [-0.05, 0) is 29.4 Å². The Morgan fingerprint density at radius 3 is 3.00 bits per heavy atom. The van der Waals surface area contributed by atoms with Gasteiger partial charge in [0.2, 0.25) is 0 Å². The van der Waals surface area contributed by atoms with Crippen molar-refractivity contribution in [1.29, 1.82) is 0 Å². The number of aromatic nitrogens is 1. The highest BCUT2D eigenvalue weighted by Crippen LogP contribution is 2.38. The average Bonchev–Trinajstić information content (AvgIpc) is 2.98. The van der Waals surface area contributed by atoms with Crippen LogP contribution in [0.2, 0.25) is 0 Å². The molecule has 2 rings (SSSR count). The number of rotatable bonds is 6. The second-order valence-corrected chi connectivity index (χ2v) is 5.68. The first-order valence-corrected chi connectivity index (χ1v) is 7.50. The van der Waals surface area contributed by atoms with Gasteiger partial charge in [0.25, 0.3) is 0 Å². The van der Waals surface area contributed by atoms with Gasteiger partial charge in [-0.3, -0.25) is 0 Å². The van der Waals surface area contributed by atoms with Crippen molar-refractivity contribution in [3.63, 3.8) is 0 Å². The number of nitrogen functional groups attached to an aromatic ring is 1. The van der Waals surface area contributed by atoms with E-state index in [1.54, 1.807) is 18.4 Å². The minimum Gasteiger partial charge on any atom is -0.490 e. The van der Waals surface area contributed by atoms with Gasteiger partial charge in [0.15, 0.2) is 16.6 Å². The second kappa shape index (κ2) is 6.06. The number of ether oxygens (including phenoxy) is 1. The lowest BCUT2D eigenvalue weighted by Gasteiger charge is -2.17. The summed E-state index contributed by atoms with van der Waals surface area (Å²) in [6, 6.07) is 4.51. The predicted octanol–water partition coefficient (Wildman–Crippen LogP) is 3.75. The number of nitrogens with two attached hydrogens (primary N) is 1. The fourth-order valence-electron chi connectivity index (χ4n) is 1.81. The summed E-state index contributed by atoms with van der Waals surface area (Å²) in [4.78, 5) is 1.32. The number of nitrogens with one attached hydrogen (secondary N) is 1. The van der Waals surface area contributed by atoms with Crippen LogP contribution in [0.5, 0.6) is 5.75 Å². The van der Waals surface area contributed by atoms with E-state index in [9.17, 15) is 0 Å². The fraction of sp³-hybridized carbons (Fsp3) is 0.417. The number of nitrogens with zero attached hydrogens (tertiary/aromatic N) is 1. The summed E-state index contributed by atoms with van der Waals surface area (Å²) in [7, 11) is 1.62. The Labute approximate surface area is 115 Å². The van der Waals surface area contributed by atoms with Gasteiger partial charge in [-0.15, -0.1) is 11.3 Å². The molecule has 18 heavy (non-hydrogen) atoms. The Hall–Kier alpha value is -1.27. The number of hydrogen-bond donors (Lipinski definition) is 2. The average molecular weight is 283 g/mol. The van der Waals surface area contributed by atoms with Crippen molar-refractivity contribution in [2.24, 2.45) is 0 Å². The number of methoxy groups -OCH3 is 1. The summed E-state index contributed by atoms with van der Waals surface area (Å²) in [6.07, 6.45) is 2.19. The molecule has 0 spiro atoms. The zero-order chi connectivity index (χ0) is 13.0. The molecule has 0 radical (unpaired) electrons. The van der Waals surface area contributed by atoms with Gasteiger partial charge in [0.1, 0.15) is 0 Å². The van der Waals surface area contributed by atoms with E-state index < -0.39 is 0 Å². The monoisotopic (exact) mass is 283 g/mol. The molecule has 0 saturated heterocycles. The molecule has 0 amide bonds. The summed E-state index contributed by atoms with van der Waals surface area (Å²) in [5.74, 6) is 1.10. The van der Waals surface area contributed by atoms with E-state index in [0.29, 0.717) is 17.6 Å². The quantitative estimate of drug-likeness (QED) is 0.847. The smallest absolute Gasteiger partial charge is 0.197 e. The Bertz CT molecular complexity index is 481. The lowest BCUT2D eigenvalue weighted by molar-refractivity contribution is 0.419. The molecule has 2 heterocycles. The minimum absolute atomic E-state index is 0.295. The van der Waals surface area contributed by atoms with E-state index in [-0.39, 0.29) is 0 Å². The highest BCUT2D eigenvalue weighted by atomic mass is 32.1. The van der Waals surface area contributed by atoms with E-state index in [0.717, 1.165) is 17.8 Å². The van der Waals surface area contributed by atoms with Crippen LogP contribution in [0.1, 0.15) is 30.7 Å². The zero-order valence-corrected chi connectivity index (χ0v) is 12.1. The molecule has 0 saturated carbocycles. The van der Waals surface area contributed by atoms with Gasteiger partial charge in [0.05, 0.1) is 13.2 Å². The molecule has 98 valence electrons. The molecule has 0 bridgehead atoms. The molecule has 0 fully saturated rings. The molecular formula is C12H17N3OS2. The lowest BCUT2D eigenvalue weighted by Crippen LogP contribution is -2.08. The SMILES string of the molecule is CCCC(Nc1snc(N)c1OC)c1cccs1. The predicted molar refractivity (Wildman–Crippen MR) is 78.7 cm³/mol. The van der Waals surface area contributed by atoms with Crippen LogP contribution in [0.3, 0.4) is 0 Å². The maximum atomic E-state index is 5.76. The van der Waals surface area contributed by atoms with Gasteiger partial charge in [0, 0.05) is 4.88 Å². The summed E-state index contributed by atoms with van der Waals surface area (Å²) in [5, 5.41) is 6.48. The van der Waals surface area contributed by atoms with Crippen LogP contribution in [0.25, 0.3) is 0 Å². The minimum atomic E-state index is 0.295. The van der Waals surface area contributed by atoms with Crippen LogP contribution in [-0.2, 0) is 0 Å². The van der Waals surface area contributed by atoms with Crippen molar-refractivity contribution >= 4 is 33.7 Å². The molecular weight excluding hydrogens is 266 g/mol. The third kappa shape index (κ3) is 2.76. The third-order valence-electron chi connectivity index (χ3n) is 2.65. The van der Waals surface area contributed by atoms with Crippen LogP contribution in [0.15, 0.2) is 17.5 Å². The van der Waals surface area contributed by atoms with Gasteiger partial charge in [-0.1, -0.05) is 19.4 Å². The third-order valence-corrected chi connectivity index (χ3v) is 4.41. The van der Waals surface area contributed by atoms with Crippen LogP contribution in [-0.4, -0.2) is 11.5 Å². The van der Waals surface area contributed by atoms with Crippen LogP contribution in [0, 0.1) is 0 Å². The van der Waals surface area contributed by atoms with Gasteiger partial charge >= 0.3 is 0 Å². The van der Waals surface area contributed by atoms with Gasteiger partial charge < -0.3 is 15.8 Å². The van der Waals surface area contributed by atoms with Crippen molar-refractivity contribution in [2.45, 2.75) is 25.8 Å². The number of anilines is 2. The largest absolute Gasteiger partial charge is 0.490 e. The summed E-state index contributed by atoms with van der Waals surface area (Å²) < 4.78 is 9.39. The van der Waals surface area contributed by atoms with Crippen LogP contribution >= 0.6 is 22.9 Å². The van der Waals surface area contributed by atoms with Crippen molar-refractivity contribution in [1.82, 2.24) is 4.37 Å². The standard InChI is InChI=1S/C12H17N3OS2/c1-3-5-8(9-6-4-7-17-9)14-12-10(16-2)11(13)15-18-12/h4,6-8,14H,3,5H2,1-2H3,(H2,13,15). The molecule has 0 aliphatic carbocycles. The topological polar surface area (TPSA) is 60.2 Å². The molecule has 2 aromatic rings. The van der Waals surface area contributed by atoms with Crippen LogP contribution < -0.4 is 15.8 Å². The molecule has 3 N–H and O–H groups in total. The van der Waals surface area contributed by atoms with Crippen molar-refractivity contribution in [3.05, 3.63) is 22.4 Å². The first-order chi connectivity index (χ1) is 8.76. The van der Waals surface area contributed by atoms with Gasteiger partial charge in [-0.25, -0.2) is 0 Å². The fourth-order valence-corrected chi connectivity index (χ4v) is 3.36. The highest BCUT2D eigenvalue weighted by molar-refractivity contribution is 7.11. The van der Waals surface area contributed by atoms with E-state index in [1.807, 2.05) is 0 Å². The Kier molecular flexibility index (Phi) is 4.43. The van der Waals surface area contributed by atoms with E-state index >= 15 is 0 Å². The summed E-state index contributed by atoms with van der Waals surface area (Å²) in [6.45, 7) is 2.18. The molecule has 1 unspecified atom stereocenters. The number of thiophene rings is 1. The normalized spacial score (nSPS) is 12.3. The first-order valence-electron chi connectivity index (χ1n) is 5.85. The molecule has 1 atom stereocenters. The van der Waals surface area contributed by atoms with Crippen molar-refractivity contribution in [3.8, 4) is 5.75 Å². The lowest BCUT2D eigenvalue weighted by atomic mass is 10.1. The molecule has 0 aromatic carbocycles. The molecule has 6 heteroatoms. The van der Waals surface area contributed by atoms with Crippen molar-refractivity contribution < 1.29 is 4.74 Å². The zero-order valence-electron chi connectivity index (χ0n) is 10.5. The Morgan fingerprint density at radius 2 is 2.39 bits per heavy atom. The summed E-state index contributed by atoms with van der Waals surface area (Å²) >= 11 is 3.11. The van der Waals surface area contributed by atoms with E-state index in [2.05, 4.69) is 34.1 Å². The molecule has 2 aromatic heterocycles. The van der Waals surface area contributed by atoms with Gasteiger partial charge in [-0.2, -0.15) is 4.37 Å². The van der Waals surface area contributed by atoms with Crippen molar-refractivity contribution in [2.75, 3.05) is 18.2 Å². The molecule has 0 aliphatic heterocycles. The maximum Gasteiger partial charge on any atom is 0.197 e. The summed E-state index contributed by atoms with van der Waals surface area (Å²) in [5.41, 5.74) is 5.76. The van der Waals surface area contributed by atoms with Crippen LogP contribution in [0.4, 0.5) is 10.8 Å². The van der Waals surface area contributed by atoms with E-state index in [1.165, 1.54) is 16.4 Å². The molecule has 0 aliphatic rings. The first kappa shape index (κ1) is 13.2. The molecule has 4 nitrogen and oxygen atoms in total. The number of hydrogen-bond acceptors (Lipinski definition) is 6. The van der Waals surface area contributed by atoms with E-state index in [4.69, 9.17) is 10.5 Å². The Morgan fingerprint density at radius 1 is 1.56 bits per heavy atom. The highest BCUT2D eigenvalue weighted by Gasteiger charge is 2.17. The maximum absolute atomic E-state index is 5.76. The Balaban J connectivity index is 2.18. The second-order valence-electron chi connectivity index (χ2n) is 3.93.